The number of aliphatic carboxylic acids is 1. The fourth-order valence-corrected chi connectivity index (χ4v) is 4.35. The van der Waals surface area contributed by atoms with E-state index >= 15 is 0 Å². The highest BCUT2D eigenvalue weighted by Crippen LogP contribution is 2.19. The molecule has 0 bridgehead atoms. The van der Waals surface area contributed by atoms with Crippen LogP contribution in [0.5, 0.6) is 0 Å². The Hall–Kier alpha value is -3.78. The lowest BCUT2D eigenvalue weighted by Gasteiger charge is -2.28. The van der Waals surface area contributed by atoms with Gasteiger partial charge in [0, 0.05) is 43.2 Å². The van der Waals surface area contributed by atoms with Crippen LogP contribution in [0.25, 0.3) is 0 Å². The Labute approximate surface area is 214 Å². The summed E-state index contributed by atoms with van der Waals surface area (Å²) in [7, 11) is 0. The number of hydrogen-bond donors (Lipinski definition) is 7. The molecule has 14 nitrogen and oxygen atoms in total. The molecule has 14 heteroatoms. The number of nitrogens with zero attached hydrogens (tertiary/aromatic N) is 3. The van der Waals surface area contributed by atoms with E-state index in [1.807, 2.05) is 0 Å². The second-order valence-corrected chi connectivity index (χ2v) is 9.10. The second-order valence-electron chi connectivity index (χ2n) is 9.10. The van der Waals surface area contributed by atoms with Crippen molar-refractivity contribution in [2.45, 2.75) is 69.1 Å². The highest BCUT2D eigenvalue weighted by molar-refractivity contribution is 5.94. The maximum Gasteiger partial charge on any atom is 0.326 e. The summed E-state index contributed by atoms with van der Waals surface area (Å²) in [5.74, 6) is -2.69. The molecule has 1 aliphatic rings. The SMILES string of the molecule is NCCCCC(NC(=O)C(Cc1cnc[nH]1)NC(=O)C1CCCN1C(=O)C(N)Cc1cnc[nH]1)C(=O)O. The van der Waals surface area contributed by atoms with Gasteiger partial charge in [0.05, 0.1) is 18.7 Å². The molecule has 37 heavy (non-hydrogen) atoms. The minimum absolute atomic E-state index is 0.0622. The number of amides is 3. The molecule has 2 aromatic heterocycles. The number of carbonyl (C=O) groups excluding carboxylic acids is 3. The fraction of sp³-hybridized carbons (Fsp3) is 0.565. The van der Waals surface area contributed by atoms with Gasteiger partial charge in [-0.05, 0) is 38.6 Å². The summed E-state index contributed by atoms with van der Waals surface area (Å²) in [4.78, 5) is 66.2. The number of hydrogen-bond acceptors (Lipinski definition) is 8. The first kappa shape index (κ1) is 27.8. The Morgan fingerprint density at radius 2 is 1.73 bits per heavy atom. The van der Waals surface area contributed by atoms with Gasteiger partial charge < -0.3 is 42.1 Å². The molecule has 1 fully saturated rings. The summed E-state index contributed by atoms with van der Waals surface area (Å²) in [5, 5.41) is 14.8. The van der Waals surface area contributed by atoms with Crippen molar-refractivity contribution < 1.29 is 24.3 Å². The van der Waals surface area contributed by atoms with E-state index in [4.69, 9.17) is 11.5 Å². The van der Waals surface area contributed by atoms with E-state index in [0.29, 0.717) is 50.2 Å². The minimum atomic E-state index is -1.17. The van der Waals surface area contributed by atoms with E-state index in [-0.39, 0.29) is 25.2 Å². The molecule has 0 aromatic carbocycles. The predicted molar refractivity (Wildman–Crippen MR) is 132 cm³/mol. The Bertz CT molecular complexity index is 1030. The molecule has 3 amide bonds. The molecule has 3 heterocycles. The van der Waals surface area contributed by atoms with Gasteiger partial charge in [-0.15, -0.1) is 0 Å². The number of imidazole rings is 2. The average molecular weight is 518 g/mol. The molecule has 1 aliphatic heterocycles. The van der Waals surface area contributed by atoms with Gasteiger partial charge in [-0.3, -0.25) is 14.4 Å². The monoisotopic (exact) mass is 517 g/mol. The Kier molecular flexibility index (Phi) is 10.1. The molecule has 9 N–H and O–H groups in total. The van der Waals surface area contributed by atoms with Crippen LogP contribution in [-0.4, -0.2) is 90.9 Å². The van der Waals surface area contributed by atoms with Gasteiger partial charge in [-0.25, -0.2) is 14.8 Å². The van der Waals surface area contributed by atoms with Crippen LogP contribution in [0.4, 0.5) is 0 Å². The van der Waals surface area contributed by atoms with E-state index in [0.717, 1.165) is 0 Å². The largest absolute Gasteiger partial charge is 0.480 e. The van der Waals surface area contributed by atoms with Crippen LogP contribution in [0.1, 0.15) is 43.5 Å². The predicted octanol–water partition coefficient (Wildman–Crippen LogP) is -1.58. The van der Waals surface area contributed by atoms with E-state index in [1.165, 1.54) is 23.8 Å². The van der Waals surface area contributed by atoms with Crippen LogP contribution in [-0.2, 0) is 32.0 Å². The van der Waals surface area contributed by atoms with Crippen LogP contribution in [0.2, 0.25) is 0 Å². The van der Waals surface area contributed by atoms with Gasteiger partial charge in [0.25, 0.3) is 0 Å². The van der Waals surface area contributed by atoms with Crippen LogP contribution in [0.15, 0.2) is 25.0 Å². The van der Waals surface area contributed by atoms with Gasteiger partial charge in [0.1, 0.15) is 18.1 Å². The third-order valence-corrected chi connectivity index (χ3v) is 6.32. The van der Waals surface area contributed by atoms with Crippen molar-refractivity contribution in [3.63, 3.8) is 0 Å². The number of carboxylic acids is 1. The van der Waals surface area contributed by atoms with E-state index in [2.05, 4.69) is 30.6 Å². The third kappa shape index (κ3) is 7.85. The van der Waals surface area contributed by atoms with Gasteiger partial charge in [-0.1, -0.05) is 0 Å². The maximum absolute atomic E-state index is 13.3. The molecule has 1 saturated heterocycles. The number of nitrogens with two attached hydrogens (primary N) is 2. The number of carboxylic acid groups (broad SMARTS) is 1. The molecular weight excluding hydrogens is 482 g/mol. The molecule has 3 rings (SSSR count). The Balaban J connectivity index is 1.68. The molecule has 0 aliphatic carbocycles. The van der Waals surface area contributed by atoms with E-state index < -0.39 is 42.0 Å². The average Bonchev–Trinajstić information content (AvgIpc) is 3.65. The summed E-state index contributed by atoms with van der Waals surface area (Å²) in [5.41, 5.74) is 12.9. The third-order valence-electron chi connectivity index (χ3n) is 6.32. The van der Waals surface area contributed by atoms with Gasteiger partial charge in [-0.2, -0.15) is 0 Å². The first-order chi connectivity index (χ1) is 17.8. The molecule has 0 spiro atoms. The molecule has 0 radical (unpaired) electrons. The molecule has 2 aromatic rings. The highest BCUT2D eigenvalue weighted by Gasteiger charge is 2.38. The first-order valence-electron chi connectivity index (χ1n) is 12.3. The number of H-pyrrole nitrogens is 2. The Morgan fingerprint density at radius 3 is 2.32 bits per heavy atom. The molecule has 0 saturated carbocycles. The summed E-state index contributed by atoms with van der Waals surface area (Å²) in [6.07, 6.45) is 8.75. The van der Waals surface area contributed by atoms with Crippen LogP contribution in [0, 0.1) is 0 Å². The molecular formula is C23H35N9O5. The standard InChI is InChI=1S/C23H35N9O5/c24-6-2-1-4-17(23(36)37)30-20(33)18(9-15-11-27-13-29-15)31-21(34)19-5-3-7-32(19)22(35)16(25)8-14-10-26-12-28-14/h10-13,16-19H,1-9,24-25H2,(H,26,28)(H,27,29)(H,30,33)(H,31,34)(H,36,37). The number of unbranched alkanes of at least 4 members (excludes halogenated alkanes) is 1. The van der Waals surface area contributed by atoms with Crippen molar-refractivity contribution in [1.82, 2.24) is 35.5 Å². The smallest absolute Gasteiger partial charge is 0.326 e. The minimum Gasteiger partial charge on any atom is -0.480 e. The maximum atomic E-state index is 13.3. The van der Waals surface area contributed by atoms with E-state index in [1.54, 1.807) is 6.20 Å². The number of carbonyl (C=O) groups is 4. The zero-order valence-electron chi connectivity index (χ0n) is 20.6. The first-order valence-corrected chi connectivity index (χ1v) is 12.3. The quantitative estimate of drug-likeness (QED) is 0.143. The molecule has 4 atom stereocenters. The topological polar surface area (TPSA) is 225 Å². The van der Waals surface area contributed by atoms with Crippen molar-refractivity contribution in [2.24, 2.45) is 11.5 Å². The zero-order valence-corrected chi connectivity index (χ0v) is 20.6. The molecule has 202 valence electrons. The van der Waals surface area contributed by atoms with Crippen molar-refractivity contribution in [3.8, 4) is 0 Å². The number of likely N-dealkylation sites (tertiary alicyclic amines) is 1. The van der Waals surface area contributed by atoms with Crippen LogP contribution < -0.4 is 22.1 Å². The van der Waals surface area contributed by atoms with Crippen molar-refractivity contribution >= 4 is 23.7 Å². The van der Waals surface area contributed by atoms with Crippen LogP contribution in [0.3, 0.4) is 0 Å². The van der Waals surface area contributed by atoms with Gasteiger partial charge in [0.15, 0.2) is 0 Å². The lowest BCUT2D eigenvalue weighted by Crippen LogP contribution is -2.57. The summed E-state index contributed by atoms with van der Waals surface area (Å²) in [6.45, 7) is 0.786. The normalized spacial score (nSPS) is 17.7. The fourth-order valence-electron chi connectivity index (χ4n) is 4.35. The lowest BCUT2D eigenvalue weighted by molar-refractivity contribution is -0.143. The second kappa shape index (κ2) is 13.5. The number of aromatic amines is 2. The number of rotatable bonds is 14. The van der Waals surface area contributed by atoms with Crippen molar-refractivity contribution in [1.29, 1.82) is 0 Å². The summed E-state index contributed by atoms with van der Waals surface area (Å²) >= 11 is 0. The van der Waals surface area contributed by atoms with Crippen molar-refractivity contribution in [2.75, 3.05) is 13.1 Å². The summed E-state index contributed by atoms with van der Waals surface area (Å²) < 4.78 is 0. The van der Waals surface area contributed by atoms with Crippen molar-refractivity contribution in [3.05, 3.63) is 36.4 Å². The van der Waals surface area contributed by atoms with Gasteiger partial charge >= 0.3 is 5.97 Å². The lowest BCUT2D eigenvalue weighted by atomic mass is 10.1. The highest BCUT2D eigenvalue weighted by atomic mass is 16.4. The number of nitrogens with one attached hydrogen (secondary N) is 4. The summed E-state index contributed by atoms with van der Waals surface area (Å²) in [6, 6.07) is -3.86. The number of aromatic nitrogens is 4. The zero-order chi connectivity index (χ0) is 26.8. The van der Waals surface area contributed by atoms with Gasteiger partial charge in [0.2, 0.25) is 17.7 Å². The Morgan fingerprint density at radius 1 is 1.05 bits per heavy atom. The van der Waals surface area contributed by atoms with Crippen LogP contribution >= 0.6 is 0 Å². The van der Waals surface area contributed by atoms with E-state index in [9.17, 15) is 24.3 Å². The molecule has 4 unspecified atom stereocenters.